The number of rotatable bonds is 2. The standard InChI is InChI=1S/C10H16N4O/c1-15-10-8-9(2-3-12-10)13-4-6-14(11)7-5-13/h2-3,8H,4-7,11H2,1H3. The number of methoxy groups -OCH3 is 1. The van der Waals surface area contributed by atoms with Gasteiger partial charge in [0.2, 0.25) is 5.88 Å². The minimum Gasteiger partial charge on any atom is -0.481 e. The van der Waals surface area contributed by atoms with Gasteiger partial charge in [-0.3, -0.25) is 5.84 Å². The molecule has 0 amide bonds. The predicted molar refractivity (Wildman–Crippen MR) is 58.8 cm³/mol. The van der Waals surface area contributed by atoms with Gasteiger partial charge in [-0.25, -0.2) is 9.99 Å². The van der Waals surface area contributed by atoms with Crippen LogP contribution in [0.1, 0.15) is 0 Å². The molecule has 0 saturated carbocycles. The molecule has 0 atom stereocenters. The minimum atomic E-state index is 0.655. The Morgan fingerprint density at radius 1 is 1.33 bits per heavy atom. The van der Waals surface area contributed by atoms with Crippen molar-refractivity contribution in [3.63, 3.8) is 0 Å². The average Bonchev–Trinajstić information content (AvgIpc) is 2.30. The van der Waals surface area contributed by atoms with Crippen molar-refractivity contribution in [2.24, 2.45) is 5.84 Å². The van der Waals surface area contributed by atoms with E-state index in [9.17, 15) is 0 Å². The summed E-state index contributed by atoms with van der Waals surface area (Å²) in [4.78, 5) is 6.37. The van der Waals surface area contributed by atoms with E-state index < -0.39 is 0 Å². The Balaban J connectivity index is 2.08. The zero-order valence-corrected chi connectivity index (χ0v) is 8.89. The van der Waals surface area contributed by atoms with Crippen LogP contribution in [0.25, 0.3) is 0 Å². The van der Waals surface area contributed by atoms with Crippen molar-refractivity contribution < 1.29 is 4.74 Å². The maximum atomic E-state index is 5.70. The molecule has 82 valence electrons. The number of nitrogens with two attached hydrogens (primary N) is 1. The Labute approximate surface area is 89.4 Å². The summed E-state index contributed by atoms with van der Waals surface area (Å²) in [7, 11) is 1.63. The fourth-order valence-electron chi connectivity index (χ4n) is 1.69. The monoisotopic (exact) mass is 208 g/mol. The third-order valence-electron chi connectivity index (χ3n) is 2.61. The largest absolute Gasteiger partial charge is 0.481 e. The van der Waals surface area contributed by atoms with Gasteiger partial charge in [0.05, 0.1) is 7.11 Å². The fourth-order valence-corrected chi connectivity index (χ4v) is 1.69. The normalized spacial score (nSPS) is 17.9. The van der Waals surface area contributed by atoms with Gasteiger partial charge in [0.1, 0.15) is 0 Å². The van der Waals surface area contributed by atoms with Crippen molar-refractivity contribution >= 4 is 5.69 Å². The van der Waals surface area contributed by atoms with Crippen LogP contribution in [-0.4, -0.2) is 43.3 Å². The number of hydrogen-bond donors (Lipinski definition) is 1. The lowest BCUT2D eigenvalue weighted by Crippen LogP contribution is -2.49. The van der Waals surface area contributed by atoms with Crippen LogP contribution in [-0.2, 0) is 0 Å². The number of nitrogens with zero attached hydrogens (tertiary/aromatic N) is 3. The first kappa shape index (κ1) is 10.2. The Kier molecular flexibility index (Phi) is 3.03. The van der Waals surface area contributed by atoms with Crippen LogP contribution in [0.3, 0.4) is 0 Å². The highest BCUT2D eigenvalue weighted by Gasteiger charge is 2.14. The lowest BCUT2D eigenvalue weighted by atomic mass is 10.3. The van der Waals surface area contributed by atoms with Gasteiger partial charge in [0.15, 0.2) is 0 Å². The maximum absolute atomic E-state index is 5.70. The number of hydrazine groups is 1. The maximum Gasteiger partial charge on any atom is 0.214 e. The molecule has 2 heterocycles. The predicted octanol–water partition coefficient (Wildman–Crippen LogP) is 0.0859. The molecule has 0 spiro atoms. The van der Waals surface area contributed by atoms with Gasteiger partial charge in [0, 0.05) is 44.1 Å². The Bertz CT molecular complexity index is 323. The Morgan fingerprint density at radius 3 is 2.73 bits per heavy atom. The van der Waals surface area contributed by atoms with E-state index >= 15 is 0 Å². The lowest BCUT2D eigenvalue weighted by molar-refractivity contribution is 0.266. The van der Waals surface area contributed by atoms with Crippen molar-refractivity contribution in [2.75, 3.05) is 38.2 Å². The van der Waals surface area contributed by atoms with Crippen molar-refractivity contribution in [3.8, 4) is 5.88 Å². The lowest BCUT2D eigenvalue weighted by Gasteiger charge is -2.33. The SMILES string of the molecule is COc1cc(N2CCN(N)CC2)ccn1. The van der Waals surface area contributed by atoms with E-state index in [1.165, 1.54) is 0 Å². The quantitative estimate of drug-likeness (QED) is 0.698. The van der Waals surface area contributed by atoms with E-state index in [2.05, 4.69) is 9.88 Å². The second kappa shape index (κ2) is 4.46. The molecule has 1 aromatic heterocycles. The van der Waals surface area contributed by atoms with Gasteiger partial charge >= 0.3 is 0 Å². The van der Waals surface area contributed by atoms with Crippen molar-refractivity contribution in [2.45, 2.75) is 0 Å². The molecule has 1 fully saturated rings. The smallest absolute Gasteiger partial charge is 0.214 e. The van der Waals surface area contributed by atoms with Gasteiger partial charge in [-0.1, -0.05) is 0 Å². The minimum absolute atomic E-state index is 0.655. The zero-order valence-electron chi connectivity index (χ0n) is 8.89. The molecule has 5 heteroatoms. The summed E-state index contributed by atoms with van der Waals surface area (Å²) in [6.45, 7) is 3.68. The Morgan fingerprint density at radius 2 is 2.07 bits per heavy atom. The van der Waals surface area contributed by atoms with Gasteiger partial charge in [-0.2, -0.15) is 0 Å². The molecular formula is C10H16N4O. The number of piperazine rings is 1. The van der Waals surface area contributed by atoms with E-state index in [0.29, 0.717) is 5.88 Å². The van der Waals surface area contributed by atoms with Crippen LogP contribution in [0.15, 0.2) is 18.3 Å². The summed E-state index contributed by atoms with van der Waals surface area (Å²) in [6.07, 6.45) is 1.77. The topological polar surface area (TPSA) is 54.6 Å². The molecular weight excluding hydrogens is 192 g/mol. The molecule has 2 N–H and O–H groups in total. The van der Waals surface area contributed by atoms with Gasteiger partial charge < -0.3 is 9.64 Å². The third-order valence-corrected chi connectivity index (χ3v) is 2.61. The highest BCUT2D eigenvalue weighted by molar-refractivity contribution is 5.48. The summed E-state index contributed by atoms with van der Waals surface area (Å²) in [5.41, 5.74) is 1.15. The summed E-state index contributed by atoms with van der Waals surface area (Å²) in [5, 5.41) is 1.84. The van der Waals surface area contributed by atoms with E-state index in [-0.39, 0.29) is 0 Å². The van der Waals surface area contributed by atoms with Gasteiger partial charge in [-0.05, 0) is 6.07 Å². The summed E-state index contributed by atoms with van der Waals surface area (Å²) in [6, 6.07) is 3.95. The summed E-state index contributed by atoms with van der Waals surface area (Å²) >= 11 is 0. The van der Waals surface area contributed by atoms with Crippen LogP contribution in [0.4, 0.5) is 5.69 Å². The number of ether oxygens (including phenoxy) is 1. The molecule has 15 heavy (non-hydrogen) atoms. The summed E-state index contributed by atoms with van der Waals surface area (Å²) < 4.78 is 5.09. The molecule has 1 aliphatic heterocycles. The molecule has 0 bridgehead atoms. The van der Waals surface area contributed by atoms with E-state index in [1.54, 1.807) is 13.3 Å². The van der Waals surface area contributed by atoms with E-state index in [0.717, 1.165) is 31.9 Å². The molecule has 1 aromatic rings. The summed E-state index contributed by atoms with van der Waals surface area (Å²) in [5.74, 6) is 6.36. The fraction of sp³-hybridized carbons (Fsp3) is 0.500. The van der Waals surface area contributed by atoms with Crippen LogP contribution in [0, 0.1) is 0 Å². The number of anilines is 1. The average molecular weight is 208 g/mol. The molecule has 1 aliphatic rings. The van der Waals surface area contributed by atoms with Crippen molar-refractivity contribution in [3.05, 3.63) is 18.3 Å². The van der Waals surface area contributed by atoms with Crippen molar-refractivity contribution in [1.82, 2.24) is 9.99 Å². The van der Waals surface area contributed by atoms with Crippen molar-refractivity contribution in [1.29, 1.82) is 0 Å². The molecule has 0 radical (unpaired) electrons. The molecule has 0 aromatic carbocycles. The third kappa shape index (κ3) is 2.37. The zero-order chi connectivity index (χ0) is 10.7. The Hall–Kier alpha value is -1.33. The number of pyridine rings is 1. The molecule has 1 saturated heterocycles. The van der Waals surface area contributed by atoms with Gasteiger partial charge in [0.25, 0.3) is 0 Å². The van der Waals surface area contributed by atoms with Crippen LogP contribution in [0.5, 0.6) is 5.88 Å². The molecule has 2 rings (SSSR count). The van der Waals surface area contributed by atoms with Crippen LogP contribution in [0.2, 0.25) is 0 Å². The molecule has 5 nitrogen and oxygen atoms in total. The highest BCUT2D eigenvalue weighted by Crippen LogP contribution is 2.19. The highest BCUT2D eigenvalue weighted by atomic mass is 16.5. The van der Waals surface area contributed by atoms with Crippen LogP contribution >= 0.6 is 0 Å². The first-order valence-electron chi connectivity index (χ1n) is 5.04. The van der Waals surface area contributed by atoms with Crippen LogP contribution < -0.4 is 15.5 Å². The van der Waals surface area contributed by atoms with E-state index in [1.807, 2.05) is 17.1 Å². The second-order valence-corrected chi connectivity index (χ2v) is 3.58. The molecule has 0 unspecified atom stereocenters. The van der Waals surface area contributed by atoms with Gasteiger partial charge in [-0.15, -0.1) is 0 Å². The second-order valence-electron chi connectivity index (χ2n) is 3.58. The first-order valence-corrected chi connectivity index (χ1v) is 5.04. The van der Waals surface area contributed by atoms with E-state index in [4.69, 9.17) is 10.6 Å². The first-order chi connectivity index (χ1) is 7.29. The molecule has 0 aliphatic carbocycles. The number of aromatic nitrogens is 1. The number of hydrogen-bond acceptors (Lipinski definition) is 5.